The number of carbonyl (C=O) groups excluding carboxylic acids is 1. The van der Waals surface area contributed by atoms with Gasteiger partial charge in [-0.2, -0.15) is 5.10 Å². The van der Waals surface area contributed by atoms with Gasteiger partial charge in [0.2, 0.25) is 0 Å². The summed E-state index contributed by atoms with van der Waals surface area (Å²) in [4.78, 5) is 12.8. The monoisotopic (exact) mass is 407 g/mol. The summed E-state index contributed by atoms with van der Waals surface area (Å²) in [5, 5.41) is 5.67. The topological polar surface area (TPSA) is 72.3 Å². The second kappa shape index (κ2) is 6.90. The van der Waals surface area contributed by atoms with Crippen molar-refractivity contribution in [3.8, 4) is 0 Å². The van der Waals surface area contributed by atoms with Crippen molar-refractivity contribution in [3.05, 3.63) is 63.4 Å². The van der Waals surface area contributed by atoms with Crippen LogP contribution < -0.4 is 4.31 Å². The lowest BCUT2D eigenvalue weighted by Crippen LogP contribution is -2.28. The summed E-state index contributed by atoms with van der Waals surface area (Å²) in [5.41, 5.74) is 1.87. The number of rotatable bonds is 4. The molecule has 2 aromatic heterocycles. The first kappa shape index (κ1) is 19.2. The van der Waals surface area contributed by atoms with Crippen LogP contribution in [0.1, 0.15) is 26.6 Å². The molecule has 3 aromatic rings. The van der Waals surface area contributed by atoms with Gasteiger partial charge in [-0.05, 0) is 56.0 Å². The molecule has 0 unspecified atom stereocenters. The molecule has 0 saturated heterocycles. The third-order valence-electron chi connectivity index (χ3n) is 4.18. The molecular weight excluding hydrogens is 389 g/mol. The van der Waals surface area contributed by atoms with Gasteiger partial charge in [-0.1, -0.05) is 6.07 Å². The average Bonchev–Trinajstić information content (AvgIpc) is 3.23. The number of benzene rings is 1. The van der Waals surface area contributed by atoms with Crippen LogP contribution in [0.2, 0.25) is 0 Å². The van der Waals surface area contributed by atoms with Crippen LogP contribution in [0.5, 0.6) is 0 Å². The molecule has 0 N–H and O–H groups in total. The molecule has 27 heavy (non-hydrogen) atoms. The molecule has 6 nitrogen and oxygen atoms in total. The van der Waals surface area contributed by atoms with Crippen LogP contribution in [0, 0.1) is 26.6 Å². The Morgan fingerprint density at radius 3 is 2.48 bits per heavy atom. The average molecular weight is 407 g/mol. The van der Waals surface area contributed by atoms with E-state index in [1.165, 1.54) is 35.3 Å². The minimum atomic E-state index is -4.05. The van der Waals surface area contributed by atoms with Crippen molar-refractivity contribution < 1.29 is 17.6 Å². The second-order valence-electron chi connectivity index (χ2n) is 6.16. The summed E-state index contributed by atoms with van der Waals surface area (Å²) in [6, 6.07) is 7.29. The van der Waals surface area contributed by atoms with Crippen LogP contribution in [0.15, 0.2) is 40.6 Å². The largest absolute Gasteiger partial charge is 0.289 e. The molecule has 0 radical (unpaired) electrons. The molecule has 0 aliphatic rings. The number of hydrogen-bond acceptors (Lipinski definition) is 5. The Kier molecular flexibility index (Phi) is 4.92. The normalized spacial score (nSPS) is 11.6. The Hall–Kier alpha value is -2.52. The van der Waals surface area contributed by atoms with E-state index in [0.29, 0.717) is 17.0 Å². The van der Waals surface area contributed by atoms with E-state index in [4.69, 9.17) is 0 Å². The van der Waals surface area contributed by atoms with Crippen molar-refractivity contribution in [3.63, 3.8) is 0 Å². The number of nitrogens with zero attached hydrogens (tertiary/aromatic N) is 3. The summed E-state index contributed by atoms with van der Waals surface area (Å²) in [6.07, 6.45) is 0. The van der Waals surface area contributed by atoms with Crippen LogP contribution in [-0.4, -0.2) is 31.2 Å². The first-order valence-electron chi connectivity index (χ1n) is 8.03. The van der Waals surface area contributed by atoms with Crippen molar-refractivity contribution in [2.45, 2.75) is 25.7 Å². The molecule has 142 valence electrons. The van der Waals surface area contributed by atoms with E-state index in [2.05, 4.69) is 5.10 Å². The van der Waals surface area contributed by atoms with Crippen LogP contribution in [-0.2, 0) is 10.0 Å². The van der Waals surface area contributed by atoms with Crippen LogP contribution >= 0.6 is 11.3 Å². The molecule has 0 fully saturated rings. The maximum absolute atomic E-state index is 13.9. The number of halogens is 1. The molecular formula is C18H18FN3O3S2. The van der Waals surface area contributed by atoms with Crippen molar-refractivity contribution in [1.82, 2.24) is 9.78 Å². The van der Waals surface area contributed by atoms with E-state index in [1.807, 2.05) is 0 Å². The Balaban J connectivity index is 2.04. The van der Waals surface area contributed by atoms with Gasteiger partial charge in [-0.15, -0.1) is 11.3 Å². The van der Waals surface area contributed by atoms with E-state index < -0.39 is 21.7 Å². The molecule has 2 heterocycles. The minimum Gasteiger partial charge on any atom is -0.269 e. The van der Waals surface area contributed by atoms with Gasteiger partial charge in [0.25, 0.3) is 15.9 Å². The van der Waals surface area contributed by atoms with Crippen molar-refractivity contribution in [1.29, 1.82) is 0 Å². The maximum Gasteiger partial charge on any atom is 0.289 e. The predicted octanol–water partition coefficient (Wildman–Crippen LogP) is 3.52. The highest BCUT2D eigenvalue weighted by Crippen LogP contribution is 2.29. The smallest absolute Gasteiger partial charge is 0.269 e. The predicted molar refractivity (Wildman–Crippen MR) is 102 cm³/mol. The number of aryl methyl sites for hydroxylation is 3. The number of carbonyl (C=O) groups is 1. The number of aromatic nitrogens is 2. The third kappa shape index (κ3) is 3.40. The van der Waals surface area contributed by atoms with E-state index in [0.717, 1.165) is 21.7 Å². The number of sulfonamides is 1. The molecule has 0 aliphatic carbocycles. The summed E-state index contributed by atoms with van der Waals surface area (Å²) in [7, 11) is -2.72. The van der Waals surface area contributed by atoms with Gasteiger partial charge in [-0.25, -0.2) is 17.5 Å². The lowest BCUT2D eigenvalue weighted by atomic mass is 10.2. The SMILES string of the molecule is Cc1cc(C)n(C(=O)c2sccc2S(=O)(=O)N(C)c2ccc(C)c(F)c2)n1. The van der Waals surface area contributed by atoms with E-state index >= 15 is 0 Å². The zero-order chi connectivity index (χ0) is 19.9. The highest BCUT2D eigenvalue weighted by atomic mass is 32.2. The standard InChI is InChI=1S/C18H18FN3O3S2/c1-11-5-6-14(10-15(11)19)21(4)27(24,25)16-7-8-26-17(16)18(23)22-13(3)9-12(2)20-22/h5-10H,1-4H3. The zero-order valence-corrected chi connectivity index (χ0v) is 16.9. The summed E-state index contributed by atoms with van der Waals surface area (Å²) in [6.45, 7) is 5.07. The first-order valence-corrected chi connectivity index (χ1v) is 10.4. The van der Waals surface area contributed by atoms with Gasteiger partial charge in [0.05, 0.1) is 11.4 Å². The summed E-state index contributed by atoms with van der Waals surface area (Å²) < 4.78 is 42.1. The van der Waals surface area contributed by atoms with Gasteiger partial charge >= 0.3 is 0 Å². The summed E-state index contributed by atoms with van der Waals surface area (Å²) >= 11 is 1.03. The molecule has 0 amide bonds. The van der Waals surface area contributed by atoms with E-state index in [9.17, 15) is 17.6 Å². The first-order chi connectivity index (χ1) is 12.6. The fourth-order valence-electron chi connectivity index (χ4n) is 2.65. The fraction of sp³-hybridized carbons (Fsp3) is 0.222. The lowest BCUT2D eigenvalue weighted by molar-refractivity contribution is 0.0943. The van der Waals surface area contributed by atoms with Gasteiger partial charge < -0.3 is 0 Å². The highest BCUT2D eigenvalue weighted by Gasteiger charge is 2.30. The second-order valence-corrected chi connectivity index (χ2v) is 9.02. The lowest BCUT2D eigenvalue weighted by Gasteiger charge is -2.20. The Labute approximate surface area is 160 Å². The molecule has 0 spiro atoms. The van der Waals surface area contributed by atoms with Crippen molar-refractivity contribution >= 4 is 33.0 Å². The summed E-state index contributed by atoms with van der Waals surface area (Å²) in [5.74, 6) is -1.02. The van der Waals surface area contributed by atoms with Gasteiger partial charge in [-0.3, -0.25) is 9.10 Å². The van der Waals surface area contributed by atoms with Gasteiger partial charge in [0.1, 0.15) is 15.6 Å². The molecule has 0 atom stereocenters. The third-order valence-corrected chi connectivity index (χ3v) is 7.04. The molecule has 1 aromatic carbocycles. The van der Waals surface area contributed by atoms with Gasteiger partial charge in [0, 0.05) is 12.7 Å². The molecule has 0 bridgehead atoms. The Bertz CT molecular complexity index is 1130. The Morgan fingerprint density at radius 2 is 1.89 bits per heavy atom. The van der Waals surface area contributed by atoms with E-state index in [-0.39, 0.29) is 15.5 Å². The van der Waals surface area contributed by atoms with Crippen LogP contribution in [0.3, 0.4) is 0 Å². The fourth-order valence-corrected chi connectivity index (χ4v) is 5.16. The van der Waals surface area contributed by atoms with Crippen LogP contribution in [0.25, 0.3) is 0 Å². The van der Waals surface area contributed by atoms with Gasteiger partial charge in [0.15, 0.2) is 0 Å². The van der Waals surface area contributed by atoms with E-state index in [1.54, 1.807) is 26.8 Å². The molecule has 0 saturated carbocycles. The highest BCUT2D eigenvalue weighted by molar-refractivity contribution is 7.93. The molecule has 3 rings (SSSR count). The van der Waals surface area contributed by atoms with Crippen LogP contribution in [0.4, 0.5) is 10.1 Å². The zero-order valence-electron chi connectivity index (χ0n) is 15.2. The number of anilines is 1. The minimum absolute atomic E-state index is 0.0561. The number of hydrogen-bond donors (Lipinski definition) is 0. The quantitative estimate of drug-likeness (QED) is 0.663. The maximum atomic E-state index is 13.9. The molecule has 0 aliphatic heterocycles. The number of thiophene rings is 1. The molecule has 9 heteroatoms. The van der Waals surface area contributed by atoms with Crippen molar-refractivity contribution in [2.24, 2.45) is 0 Å². The Morgan fingerprint density at radius 1 is 1.19 bits per heavy atom. The van der Waals surface area contributed by atoms with Crippen molar-refractivity contribution in [2.75, 3.05) is 11.4 Å².